The van der Waals surface area contributed by atoms with Gasteiger partial charge in [0.25, 0.3) is 0 Å². The summed E-state index contributed by atoms with van der Waals surface area (Å²) in [6.45, 7) is 6.34. The molecule has 0 unspecified atom stereocenters. The highest BCUT2D eigenvalue weighted by molar-refractivity contribution is 6.29. The van der Waals surface area contributed by atoms with E-state index in [1.165, 1.54) is 12.8 Å². The number of rotatable bonds is 2. The van der Waals surface area contributed by atoms with Gasteiger partial charge in [0.2, 0.25) is 5.95 Å². The number of hydrogen-bond donors (Lipinski definition) is 0. The van der Waals surface area contributed by atoms with Crippen LogP contribution in [0, 0.1) is 0 Å². The second-order valence-electron chi connectivity index (χ2n) is 4.26. The maximum absolute atomic E-state index is 5.99. The number of aromatic nitrogens is 2. The summed E-state index contributed by atoms with van der Waals surface area (Å²) in [6, 6.07) is 1.85. The van der Waals surface area contributed by atoms with Crippen LogP contribution in [0.4, 0.5) is 5.95 Å². The number of hydrogen-bond acceptors (Lipinski definition) is 3. The lowest BCUT2D eigenvalue weighted by atomic mass is 10.1. The van der Waals surface area contributed by atoms with Crippen LogP contribution in [0.1, 0.15) is 38.3 Å². The Morgan fingerprint density at radius 3 is 2.53 bits per heavy atom. The molecule has 4 heteroatoms. The first kappa shape index (κ1) is 10.7. The summed E-state index contributed by atoms with van der Waals surface area (Å²) in [6.07, 6.45) is 2.46. The maximum atomic E-state index is 5.99. The Bertz CT molecular complexity index is 346. The normalized spacial score (nSPS) is 16.4. The van der Waals surface area contributed by atoms with Crippen LogP contribution >= 0.6 is 11.6 Å². The number of halogens is 1. The highest BCUT2D eigenvalue weighted by Gasteiger charge is 2.16. The van der Waals surface area contributed by atoms with Crippen LogP contribution in [0.2, 0.25) is 5.15 Å². The van der Waals surface area contributed by atoms with Gasteiger partial charge in [0, 0.05) is 13.1 Å². The van der Waals surface area contributed by atoms with Gasteiger partial charge in [-0.05, 0) is 24.8 Å². The van der Waals surface area contributed by atoms with Gasteiger partial charge in [-0.25, -0.2) is 9.97 Å². The lowest BCUT2D eigenvalue weighted by Gasteiger charge is -2.16. The molecule has 0 aromatic carbocycles. The average Bonchev–Trinajstić information content (AvgIpc) is 2.69. The minimum Gasteiger partial charge on any atom is -0.341 e. The predicted octanol–water partition coefficient (Wildman–Crippen LogP) is 2.85. The molecule has 1 saturated heterocycles. The van der Waals surface area contributed by atoms with E-state index in [1.807, 2.05) is 6.07 Å². The standard InChI is InChI=1S/C11H16ClN3/c1-8(2)9-7-10(12)14-11(13-9)15-5-3-4-6-15/h7-8H,3-6H2,1-2H3. The molecule has 0 spiro atoms. The van der Waals surface area contributed by atoms with Crippen LogP contribution in [0.15, 0.2) is 6.07 Å². The van der Waals surface area contributed by atoms with E-state index < -0.39 is 0 Å². The summed E-state index contributed by atoms with van der Waals surface area (Å²) in [5.74, 6) is 1.19. The van der Waals surface area contributed by atoms with Crippen molar-refractivity contribution in [2.75, 3.05) is 18.0 Å². The van der Waals surface area contributed by atoms with Crippen LogP contribution < -0.4 is 4.90 Å². The summed E-state index contributed by atoms with van der Waals surface area (Å²) >= 11 is 5.99. The van der Waals surface area contributed by atoms with E-state index in [-0.39, 0.29) is 0 Å². The molecule has 0 N–H and O–H groups in total. The minimum absolute atomic E-state index is 0.395. The fourth-order valence-corrected chi connectivity index (χ4v) is 1.96. The van der Waals surface area contributed by atoms with Crippen molar-refractivity contribution in [3.8, 4) is 0 Å². The van der Waals surface area contributed by atoms with Crippen LogP contribution in [0.5, 0.6) is 0 Å². The summed E-state index contributed by atoms with van der Waals surface area (Å²) in [5.41, 5.74) is 1.02. The lowest BCUT2D eigenvalue weighted by Crippen LogP contribution is -2.21. The number of anilines is 1. The Kier molecular flexibility index (Phi) is 3.10. The fraction of sp³-hybridized carbons (Fsp3) is 0.636. The van der Waals surface area contributed by atoms with E-state index in [2.05, 4.69) is 28.7 Å². The van der Waals surface area contributed by atoms with Gasteiger partial charge in [-0.15, -0.1) is 0 Å². The molecule has 1 aliphatic rings. The molecule has 3 nitrogen and oxygen atoms in total. The van der Waals surface area contributed by atoms with Gasteiger partial charge < -0.3 is 4.90 Å². The minimum atomic E-state index is 0.395. The van der Waals surface area contributed by atoms with Crippen molar-refractivity contribution in [3.63, 3.8) is 0 Å². The molecule has 2 rings (SSSR count). The molecule has 1 fully saturated rings. The van der Waals surface area contributed by atoms with Crippen LogP contribution in [-0.4, -0.2) is 23.1 Å². The second kappa shape index (κ2) is 4.35. The van der Waals surface area contributed by atoms with Crippen molar-refractivity contribution in [1.29, 1.82) is 0 Å². The average molecular weight is 226 g/mol. The number of nitrogens with zero attached hydrogens (tertiary/aromatic N) is 3. The van der Waals surface area contributed by atoms with Gasteiger partial charge in [-0.3, -0.25) is 0 Å². The molecule has 15 heavy (non-hydrogen) atoms. The van der Waals surface area contributed by atoms with Gasteiger partial charge in [-0.1, -0.05) is 25.4 Å². The highest BCUT2D eigenvalue weighted by Crippen LogP contribution is 2.22. The zero-order chi connectivity index (χ0) is 10.8. The monoisotopic (exact) mass is 225 g/mol. The van der Waals surface area contributed by atoms with E-state index in [4.69, 9.17) is 11.6 Å². The highest BCUT2D eigenvalue weighted by atomic mass is 35.5. The zero-order valence-corrected chi connectivity index (χ0v) is 9.96. The summed E-state index contributed by atoms with van der Waals surface area (Å²) in [4.78, 5) is 11.0. The van der Waals surface area contributed by atoms with Crippen molar-refractivity contribution < 1.29 is 0 Å². The molecule has 0 amide bonds. The Labute approximate surface area is 95.5 Å². The summed E-state index contributed by atoms with van der Waals surface area (Å²) < 4.78 is 0. The van der Waals surface area contributed by atoms with E-state index in [0.29, 0.717) is 11.1 Å². The summed E-state index contributed by atoms with van der Waals surface area (Å²) in [7, 11) is 0. The first-order valence-electron chi connectivity index (χ1n) is 5.46. The predicted molar refractivity (Wildman–Crippen MR) is 62.6 cm³/mol. The molecule has 0 bridgehead atoms. The lowest BCUT2D eigenvalue weighted by molar-refractivity contribution is 0.795. The van der Waals surface area contributed by atoms with E-state index in [9.17, 15) is 0 Å². The molecule has 1 aromatic rings. The fourth-order valence-electron chi connectivity index (χ4n) is 1.78. The maximum Gasteiger partial charge on any atom is 0.226 e. The first-order chi connectivity index (χ1) is 7.16. The van der Waals surface area contributed by atoms with Gasteiger partial charge >= 0.3 is 0 Å². The Hall–Kier alpha value is -0.830. The van der Waals surface area contributed by atoms with Crippen molar-refractivity contribution in [2.45, 2.75) is 32.6 Å². The van der Waals surface area contributed by atoms with Gasteiger partial charge in [0.1, 0.15) is 5.15 Å². The van der Waals surface area contributed by atoms with Crippen LogP contribution in [0.3, 0.4) is 0 Å². The molecule has 0 saturated carbocycles. The smallest absolute Gasteiger partial charge is 0.226 e. The molecule has 82 valence electrons. The Morgan fingerprint density at radius 2 is 1.93 bits per heavy atom. The van der Waals surface area contributed by atoms with Crippen LogP contribution in [-0.2, 0) is 0 Å². The summed E-state index contributed by atoms with van der Waals surface area (Å²) in [5, 5.41) is 0.551. The molecular weight excluding hydrogens is 210 g/mol. The van der Waals surface area contributed by atoms with Crippen molar-refractivity contribution in [1.82, 2.24) is 9.97 Å². The van der Waals surface area contributed by atoms with Crippen molar-refractivity contribution in [3.05, 3.63) is 16.9 Å². The largest absolute Gasteiger partial charge is 0.341 e. The molecule has 0 aliphatic carbocycles. The van der Waals surface area contributed by atoms with E-state index in [0.717, 1.165) is 24.7 Å². The van der Waals surface area contributed by atoms with Gasteiger partial charge in [0.05, 0.1) is 5.69 Å². The molecule has 0 atom stereocenters. The molecular formula is C11H16ClN3. The Balaban J connectivity index is 2.30. The quantitative estimate of drug-likeness (QED) is 0.725. The SMILES string of the molecule is CC(C)c1cc(Cl)nc(N2CCCC2)n1. The zero-order valence-electron chi connectivity index (χ0n) is 9.20. The van der Waals surface area contributed by atoms with Crippen molar-refractivity contribution >= 4 is 17.5 Å². The van der Waals surface area contributed by atoms with Gasteiger partial charge in [0.15, 0.2) is 0 Å². The van der Waals surface area contributed by atoms with Crippen LogP contribution in [0.25, 0.3) is 0 Å². The molecule has 1 aromatic heterocycles. The first-order valence-corrected chi connectivity index (χ1v) is 5.84. The Morgan fingerprint density at radius 1 is 1.27 bits per heavy atom. The third-order valence-corrected chi connectivity index (χ3v) is 2.88. The third kappa shape index (κ3) is 2.40. The molecule has 0 radical (unpaired) electrons. The molecule has 1 aliphatic heterocycles. The second-order valence-corrected chi connectivity index (χ2v) is 4.65. The van der Waals surface area contributed by atoms with E-state index >= 15 is 0 Å². The van der Waals surface area contributed by atoms with E-state index in [1.54, 1.807) is 0 Å². The third-order valence-electron chi connectivity index (χ3n) is 2.68. The topological polar surface area (TPSA) is 29.0 Å². The molecule has 2 heterocycles. The van der Waals surface area contributed by atoms with Crippen molar-refractivity contribution in [2.24, 2.45) is 0 Å². The van der Waals surface area contributed by atoms with Gasteiger partial charge in [-0.2, -0.15) is 0 Å².